The minimum absolute atomic E-state index is 0.304. The highest BCUT2D eigenvalue weighted by molar-refractivity contribution is 5.94. The van der Waals surface area contributed by atoms with Crippen LogP contribution in [0.25, 0.3) is 0 Å². The van der Waals surface area contributed by atoms with Crippen molar-refractivity contribution in [1.29, 1.82) is 0 Å². The second-order valence-corrected chi connectivity index (χ2v) is 5.59. The molecule has 25 heavy (non-hydrogen) atoms. The van der Waals surface area contributed by atoms with E-state index in [1.54, 1.807) is 12.3 Å². The van der Waals surface area contributed by atoms with Crippen LogP contribution in [0.5, 0.6) is 0 Å². The largest absolute Gasteiger partial charge is 0.467 e. The minimum atomic E-state index is -0.427. The van der Waals surface area contributed by atoms with Crippen LogP contribution in [0, 0.1) is 5.82 Å². The molecule has 1 N–H and O–H groups in total. The van der Waals surface area contributed by atoms with Crippen LogP contribution in [0.3, 0.4) is 0 Å². The zero-order chi connectivity index (χ0) is 17.5. The molecule has 0 spiro atoms. The Morgan fingerprint density at radius 3 is 2.64 bits per heavy atom. The Morgan fingerprint density at radius 1 is 1.00 bits per heavy atom. The van der Waals surface area contributed by atoms with Gasteiger partial charge in [-0.1, -0.05) is 30.3 Å². The Hall–Kier alpha value is -2.92. The first kappa shape index (κ1) is 16.9. The maximum Gasteiger partial charge on any atom is 0.251 e. The van der Waals surface area contributed by atoms with Crippen LogP contribution in [-0.4, -0.2) is 5.91 Å². The number of hydrogen-bond donors (Lipinski definition) is 1. The van der Waals surface area contributed by atoms with Gasteiger partial charge in [-0.25, -0.2) is 4.39 Å². The number of ether oxygens (including phenoxy) is 1. The number of amides is 1. The lowest BCUT2D eigenvalue weighted by Gasteiger charge is -2.08. The topological polar surface area (TPSA) is 51.5 Å². The molecule has 0 bridgehead atoms. The number of rotatable bonds is 7. The van der Waals surface area contributed by atoms with E-state index in [4.69, 9.17) is 9.15 Å². The fourth-order valence-electron chi connectivity index (χ4n) is 2.41. The molecular weight excluding hydrogens is 321 g/mol. The maximum absolute atomic E-state index is 13.2. The lowest BCUT2D eigenvalue weighted by Crippen LogP contribution is -2.22. The average molecular weight is 339 g/mol. The van der Waals surface area contributed by atoms with E-state index in [0.29, 0.717) is 25.3 Å². The molecule has 0 aliphatic heterocycles. The van der Waals surface area contributed by atoms with E-state index < -0.39 is 5.82 Å². The Bertz CT molecular complexity index is 830. The molecule has 3 aromatic rings. The Morgan fingerprint density at radius 2 is 1.84 bits per heavy atom. The lowest BCUT2D eigenvalue weighted by atomic mass is 10.1. The first-order valence-electron chi connectivity index (χ1n) is 7.92. The van der Waals surface area contributed by atoms with E-state index in [0.717, 1.165) is 16.9 Å². The summed E-state index contributed by atoms with van der Waals surface area (Å²) in [7, 11) is 0. The van der Waals surface area contributed by atoms with Crippen molar-refractivity contribution in [3.8, 4) is 0 Å². The number of benzene rings is 2. The highest BCUT2D eigenvalue weighted by Gasteiger charge is 2.06. The van der Waals surface area contributed by atoms with Gasteiger partial charge in [-0.15, -0.1) is 0 Å². The van der Waals surface area contributed by atoms with Gasteiger partial charge in [0, 0.05) is 12.1 Å². The smallest absolute Gasteiger partial charge is 0.251 e. The summed E-state index contributed by atoms with van der Waals surface area (Å²) in [5, 5.41) is 2.79. The monoisotopic (exact) mass is 339 g/mol. The van der Waals surface area contributed by atoms with Crippen LogP contribution < -0.4 is 5.32 Å². The van der Waals surface area contributed by atoms with Crippen LogP contribution in [0.2, 0.25) is 0 Å². The van der Waals surface area contributed by atoms with Gasteiger partial charge >= 0.3 is 0 Å². The summed E-state index contributed by atoms with van der Waals surface area (Å²) in [4.78, 5) is 12.0. The van der Waals surface area contributed by atoms with E-state index in [1.165, 1.54) is 18.2 Å². The predicted octanol–water partition coefficient (Wildman–Crippen LogP) is 4.07. The minimum Gasteiger partial charge on any atom is -0.467 e. The summed E-state index contributed by atoms with van der Waals surface area (Å²) in [5.74, 6) is 0.0424. The SMILES string of the molecule is O=C(NCc1cccc(COCc2ccco2)c1)c1cccc(F)c1. The van der Waals surface area contributed by atoms with Gasteiger partial charge in [-0.05, 0) is 41.5 Å². The van der Waals surface area contributed by atoms with Crippen LogP contribution >= 0.6 is 0 Å². The van der Waals surface area contributed by atoms with Crippen LogP contribution in [0.4, 0.5) is 4.39 Å². The van der Waals surface area contributed by atoms with Crippen molar-refractivity contribution in [3.05, 3.63) is 95.2 Å². The van der Waals surface area contributed by atoms with E-state index in [-0.39, 0.29) is 5.91 Å². The van der Waals surface area contributed by atoms with Crippen molar-refractivity contribution < 1.29 is 18.3 Å². The first-order valence-corrected chi connectivity index (χ1v) is 7.92. The van der Waals surface area contributed by atoms with Crippen LogP contribution in [0.1, 0.15) is 27.2 Å². The lowest BCUT2D eigenvalue weighted by molar-refractivity contribution is 0.0928. The van der Waals surface area contributed by atoms with E-state index in [1.807, 2.05) is 36.4 Å². The van der Waals surface area contributed by atoms with Gasteiger partial charge in [-0.3, -0.25) is 4.79 Å². The second-order valence-electron chi connectivity index (χ2n) is 5.59. The summed E-state index contributed by atoms with van der Waals surface area (Å²) in [6.45, 7) is 1.22. The molecule has 2 aromatic carbocycles. The van der Waals surface area contributed by atoms with E-state index in [2.05, 4.69) is 5.32 Å². The number of halogens is 1. The standard InChI is InChI=1S/C20H18FNO3/c21-18-7-2-6-17(11-18)20(23)22-12-15-4-1-5-16(10-15)13-24-14-19-8-3-9-25-19/h1-11H,12-14H2,(H,22,23). The summed E-state index contributed by atoms with van der Waals surface area (Å²) < 4.78 is 24.0. The van der Waals surface area contributed by atoms with Gasteiger partial charge < -0.3 is 14.5 Å². The molecule has 4 nitrogen and oxygen atoms in total. The normalized spacial score (nSPS) is 10.6. The Balaban J connectivity index is 1.51. The maximum atomic E-state index is 13.2. The molecule has 3 rings (SSSR count). The molecule has 0 radical (unpaired) electrons. The fraction of sp³-hybridized carbons (Fsp3) is 0.150. The molecule has 1 heterocycles. The molecule has 1 amide bonds. The average Bonchev–Trinajstić information content (AvgIpc) is 3.13. The molecule has 0 saturated heterocycles. The number of carbonyl (C=O) groups is 1. The third-order valence-corrected chi connectivity index (χ3v) is 3.62. The molecular formula is C20H18FNO3. The number of nitrogens with one attached hydrogen (secondary N) is 1. The summed E-state index contributed by atoms with van der Waals surface area (Å²) >= 11 is 0. The highest BCUT2D eigenvalue weighted by atomic mass is 19.1. The van der Waals surface area contributed by atoms with Crippen molar-refractivity contribution in [1.82, 2.24) is 5.32 Å². The molecule has 1 aromatic heterocycles. The van der Waals surface area contributed by atoms with Gasteiger partial charge in [0.2, 0.25) is 0 Å². The number of hydrogen-bond acceptors (Lipinski definition) is 3. The van der Waals surface area contributed by atoms with Gasteiger partial charge in [-0.2, -0.15) is 0 Å². The van der Waals surface area contributed by atoms with Crippen molar-refractivity contribution >= 4 is 5.91 Å². The molecule has 0 unspecified atom stereocenters. The van der Waals surface area contributed by atoms with Crippen LogP contribution in [0.15, 0.2) is 71.3 Å². The zero-order valence-electron chi connectivity index (χ0n) is 13.6. The molecule has 0 aliphatic rings. The fourth-order valence-corrected chi connectivity index (χ4v) is 2.41. The third kappa shape index (κ3) is 5.02. The Kier molecular flexibility index (Phi) is 5.59. The number of furan rings is 1. The summed E-state index contributed by atoms with van der Waals surface area (Å²) in [6, 6.07) is 17.1. The van der Waals surface area contributed by atoms with E-state index >= 15 is 0 Å². The van der Waals surface area contributed by atoms with E-state index in [9.17, 15) is 9.18 Å². The quantitative estimate of drug-likeness (QED) is 0.706. The van der Waals surface area contributed by atoms with Gasteiger partial charge in [0.25, 0.3) is 5.91 Å². The summed E-state index contributed by atoms with van der Waals surface area (Å²) in [6.07, 6.45) is 1.61. The molecule has 128 valence electrons. The van der Waals surface area contributed by atoms with Crippen molar-refractivity contribution in [2.75, 3.05) is 0 Å². The molecule has 0 fully saturated rings. The summed E-state index contributed by atoms with van der Waals surface area (Å²) in [5.41, 5.74) is 2.26. The predicted molar refractivity (Wildman–Crippen MR) is 91.2 cm³/mol. The van der Waals surface area contributed by atoms with Crippen LogP contribution in [-0.2, 0) is 24.5 Å². The molecule has 5 heteroatoms. The van der Waals surface area contributed by atoms with Gasteiger partial charge in [0.05, 0.1) is 12.9 Å². The molecule has 0 atom stereocenters. The third-order valence-electron chi connectivity index (χ3n) is 3.62. The van der Waals surface area contributed by atoms with Gasteiger partial charge in [0.1, 0.15) is 18.2 Å². The molecule has 0 aliphatic carbocycles. The highest BCUT2D eigenvalue weighted by Crippen LogP contribution is 2.10. The second kappa shape index (κ2) is 8.26. The van der Waals surface area contributed by atoms with Crippen molar-refractivity contribution in [2.45, 2.75) is 19.8 Å². The first-order chi connectivity index (χ1) is 12.2. The molecule has 0 saturated carbocycles. The van der Waals surface area contributed by atoms with Gasteiger partial charge in [0.15, 0.2) is 0 Å². The van der Waals surface area contributed by atoms with Crippen molar-refractivity contribution in [3.63, 3.8) is 0 Å². The zero-order valence-corrected chi connectivity index (χ0v) is 13.6. The Labute approximate surface area is 145 Å². The van der Waals surface area contributed by atoms with Crippen molar-refractivity contribution in [2.24, 2.45) is 0 Å². The number of carbonyl (C=O) groups excluding carboxylic acids is 1.